The number of alkyl halides is 1. The Bertz CT molecular complexity index is 271. The summed E-state index contributed by atoms with van der Waals surface area (Å²) < 4.78 is 0. The minimum Gasteiger partial charge on any atom is -0.335 e. The van der Waals surface area contributed by atoms with Gasteiger partial charge in [-0.1, -0.05) is 26.7 Å². The fraction of sp³-hybridized carbons (Fsp3) is 0.818. The molecule has 3 amide bonds. The molecule has 3 atom stereocenters. The lowest BCUT2D eigenvalue weighted by atomic mass is 9.78. The summed E-state index contributed by atoms with van der Waals surface area (Å²) in [5.41, 5.74) is 0. The Morgan fingerprint density at radius 3 is 2.62 bits per heavy atom. The lowest BCUT2D eigenvalue weighted by Crippen LogP contribution is -2.49. The fourth-order valence-electron chi connectivity index (χ4n) is 2.15. The van der Waals surface area contributed by atoms with Gasteiger partial charge in [0, 0.05) is 6.04 Å². The highest BCUT2D eigenvalue weighted by Crippen LogP contribution is 2.29. The van der Waals surface area contributed by atoms with Gasteiger partial charge in [-0.25, -0.2) is 4.79 Å². The predicted octanol–water partition coefficient (Wildman–Crippen LogP) is 1.88. The first-order valence-electron chi connectivity index (χ1n) is 5.71. The van der Waals surface area contributed by atoms with E-state index in [-0.39, 0.29) is 11.9 Å². The quantitative estimate of drug-likeness (QED) is 0.731. The van der Waals surface area contributed by atoms with Crippen molar-refractivity contribution in [3.63, 3.8) is 0 Å². The number of imide groups is 1. The Kier molecular flexibility index (Phi) is 5.06. The van der Waals surface area contributed by atoms with Crippen molar-refractivity contribution < 1.29 is 9.59 Å². The zero-order valence-corrected chi connectivity index (χ0v) is 10.5. The molecule has 0 spiro atoms. The summed E-state index contributed by atoms with van der Waals surface area (Å²) in [6, 6.07) is -0.275. The maximum atomic E-state index is 11.4. The van der Waals surface area contributed by atoms with E-state index in [2.05, 4.69) is 24.5 Å². The molecule has 0 unspecified atom stereocenters. The molecule has 0 aliphatic heterocycles. The van der Waals surface area contributed by atoms with Crippen molar-refractivity contribution in [1.82, 2.24) is 10.6 Å². The Hall–Kier alpha value is -0.770. The lowest BCUT2D eigenvalue weighted by molar-refractivity contribution is -0.117. The van der Waals surface area contributed by atoms with Crippen LogP contribution in [-0.2, 0) is 4.79 Å². The number of carbonyl (C=O) groups is 2. The average molecular weight is 247 g/mol. The van der Waals surface area contributed by atoms with Crippen LogP contribution in [0.3, 0.4) is 0 Å². The van der Waals surface area contributed by atoms with Crippen LogP contribution in [0.4, 0.5) is 4.79 Å². The second kappa shape index (κ2) is 6.09. The van der Waals surface area contributed by atoms with Crippen molar-refractivity contribution >= 4 is 23.5 Å². The molecule has 0 radical (unpaired) electrons. The Balaban J connectivity index is 2.40. The van der Waals surface area contributed by atoms with Crippen molar-refractivity contribution in [2.24, 2.45) is 11.8 Å². The third kappa shape index (κ3) is 3.67. The topological polar surface area (TPSA) is 58.2 Å². The molecule has 1 saturated carbocycles. The highest BCUT2D eigenvalue weighted by Gasteiger charge is 2.28. The van der Waals surface area contributed by atoms with Crippen LogP contribution in [0.2, 0.25) is 0 Å². The molecule has 16 heavy (non-hydrogen) atoms. The maximum Gasteiger partial charge on any atom is 0.321 e. The minimum atomic E-state index is -0.462. The summed E-state index contributed by atoms with van der Waals surface area (Å²) in [6.07, 6.45) is 3.31. The molecule has 0 heterocycles. The van der Waals surface area contributed by atoms with Gasteiger partial charge in [0.25, 0.3) is 0 Å². The van der Waals surface area contributed by atoms with E-state index >= 15 is 0 Å². The Morgan fingerprint density at radius 2 is 2.00 bits per heavy atom. The minimum absolute atomic E-state index is 0.159. The lowest BCUT2D eigenvalue weighted by Gasteiger charge is -2.34. The molecule has 4 nitrogen and oxygen atoms in total. The van der Waals surface area contributed by atoms with Crippen LogP contribution in [-0.4, -0.2) is 23.9 Å². The molecule has 0 aromatic rings. The molecule has 1 aliphatic rings. The van der Waals surface area contributed by atoms with Gasteiger partial charge in [0.05, 0.1) is 0 Å². The van der Waals surface area contributed by atoms with E-state index in [1.807, 2.05) is 0 Å². The molecule has 92 valence electrons. The summed E-state index contributed by atoms with van der Waals surface area (Å²) >= 11 is 5.30. The second-order valence-corrected chi connectivity index (χ2v) is 4.80. The van der Waals surface area contributed by atoms with Gasteiger partial charge >= 0.3 is 6.03 Å². The largest absolute Gasteiger partial charge is 0.335 e. The number of carbonyl (C=O) groups excluding carboxylic acids is 2. The van der Waals surface area contributed by atoms with Crippen LogP contribution < -0.4 is 10.6 Å². The van der Waals surface area contributed by atoms with Gasteiger partial charge in [-0.3, -0.25) is 10.1 Å². The maximum absolute atomic E-state index is 11.4. The number of nitrogens with one attached hydrogen (secondary N) is 2. The van der Waals surface area contributed by atoms with Gasteiger partial charge in [0.15, 0.2) is 0 Å². The van der Waals surface area contributed by atoms with E-state index in [1.165, 1.54) is 6.42 Å². The van der Waals surface area contributed by atoms with E-state index in [4.69, 9.17) is 11.6 Å². The molecule has 5 heteroatoms. The van der Waals surface area contributed by atoms with Crippen LogP contribution in [0.15, 0.2) is 0 Å². The molecule has 0 bridgehead atoms. The summed E-state index contributed by atoms with van der Waals surface area (Å²) in [7, 11) is 0. The number of halogens is 1. The van der Waals surface area contributed by atoms with Crippen molar-refractivity contribution in [3.8, 4) is 0 Å². The highest BCUT2D eigenvalue weighted by molar-refractivity contribution is 6.28. The number of hydrogen-bond acceptors (Lipinski definition) is 2. The van der Waals surface area contributed by atoms with Crippen LogP contribution in [0, 0.1) is 11.8 Å². The first kappa shape index (κ1) is 13.3. The van der Waals surface area contributed by atoms with Crippen LogP contribution in [0.5, 0.6) is 0 Å². The highest BCUT2D eigenvalue weighted by atomic mass is 35.5. The van der Waals surface area contributed by atoms with Crippen molar-refractivity contribution in [2.75, 3.05) is 5.88 Å². The van der Waals surface area contributed by atoms with Crippen molar-refractivity contribution in [1.29, 1.82) is 0 Å². The van der Waals surface area contributed by atoms with Gasteiger partial charge < -0.3 is 5.32 Å². The van der Waals surface area contributed by atoms with Gasteiger partial charge in [-0.05, 0) is 18.3 Å². The third-order valence-electron chi connectivity index (χ3n) is 3.40. The first-order valence-corrected chi connectivity index (χ1v) is 6.24. The third-order valence-corrected chi connectivity index (χ3v) is 3.64. The molecule has 1 rings (SSSR count). The summed E-state index contributed by atoms with van der Waals surface area (Å²) in [5, 5.41) is 5.03. The van der Waals surface area contributed by atoms with Crippen molar-refractivity contribution in [3.05, 3.63) is 0 Å². The smallest absolute Gasteiger partial charge is 0.321 e. The van der Waals surface area contributed by atoms with E-state index in [9.17, 15) is 9.59 Å². The van der Waals surface area contributed by atoms with Gasteiger partial charge in [0.2, 0.25) is 5.91 Å². The van der Waals surface area contributed by atoms with Crippen LogP contribution in [0.25, 0.3) is 0 Å². The molecule has 1 fully saturated rings. The van der Waals surface area contributed by atoms with E-state index in [0.29, 0.717) is 11.8 Å². The average Bonchev–Trinajstić information content (AvgIpc) is 2.24. The molecule has 0 aromatic heterocycles. The number of amides is 3. The van der Waals surface area contributed by atoms with Gasteiger partial charge in [-0.2, -0.15) is 0 Å². The van der Waals surface area contributed by atoms with Crippen molar-refractivity contribution in [2.45, 2.75) is 39.2 Å². The number of urea groups is 1. The number of rotatable bonds is 2. The zero-order valence-electron chi connectivity index (χ0n) is 9.75. The SMILES string of the molecule is C[C@H]1[C@@H](NC(=O)NC(=O)CCl)CCC[C@@H]1C. The summed E-state index contributed by atoms with van der Waals surface area (Å²) in [5.74, 6) is 0.411. The molecule has 2 N–H and O–H groups in total. The molecular weight excluding hydrogens is 228 g/mol. The second-order valence-electron chi connectivity index (χ2n) is 4.53. The molecule has 1 aliphatic carbocycles. The predicted molar refractivity (Wildman–Crippen MR) is 63.4 cm³/mol. The standard InChI is InChI=1S/C11H19ClN2O2/c1-7-4-3-5-9(8(7)2)13-11(16)14-10(15)6-12/h7-9H,3-6H2,1-2H3,(H2,13,14,15,16)/t7-,8+,9-/m0/s1. The summed E-state index contributed by atoms with van der Waals surface area (Å²) in [6.45, 7) is 4.33. The Labute approximate surface area is 101 Å². The monoisotopic (exact) mass is 246 g/mol. The van der Waals surface area contributed by atoms with E-state index < -0.39 is 11.9 Å². The first-order chi connectivity index (χ1) is 7.54. The summed E-state index contributed by atoms with van der Waals surface area (Å²) in [4.78, 5) is 22.3. The molecular formula is C11H19ClN2O2. The normalized spacial score (nSPS) is 29.6. The van der Waals surface area contributed by atoms with Crippen LogP contribution >= 0.6 is 11.6 Å². The number of hydrogen-bond donors (Lipinski definition) is 2. The van der Waals surface area contributed by atoms with E-state index in [0.717, 1.165) is 12.8 Å². The zero-order chi connectivity index (χ0) is 12.1. The van der Waals surface area contributed by atoms with Gasteiger partial charge in [-0.15, -0.1) is 11.6 Å². The molecule has 0 saturated heterocycles. The van der Waals surface area contributed by atoms with Gasteiger partial charge in [0.1, 0.15) is 5.88 Å². The van der Waals surface area contributed by atoms with E-state index in [1.54, 1.807) is 0 Å². The van der Waals surface area contributed by atoms with Crippen LogP contribution in [0.1, 0.15) is 33.1 Å². The Morgan fingerprint density at radius 1 is 1.31 bits per heavy atom. The fourth-order valence-corrected chi connectivity index (χ4v) is 2.22. The molecule has 0 aromatic carbocycles.